The zero-order chi connectivity index (χ0) is 26.5. The molecule has 0 amide bonds. The lowest BCUT2D eigenvalue weighted by Gasteiger charge is -2.28. The highest BCUT2D eigenvalue weighted by molar-refractivity contribution is 6.02. The molecule has 6 heteroatoms. The first-order valence-electron chi connectivity index (χ1n) is 12.5. The molecule has 6 nitrogen and oxygen atoms in total. The normalized spacial score (nSPS) is 14.3. The maximum Gasteiger partial charge on any atom is 0.203 e. The van der Waals surface area contributed by atoms with Gasteiger partial charge in [0.05, 0.1) is 20.6 Å². The molecule has 0 bridgehead atoms. The van der Waals surface area contributed by atoms with Crippen molar-refractivity contribution in [1.29, 1.82) is 0 Å². The number of rotatable bonds is 9. The van der Waals surface area contributed by atoms with Crippen molar-refractivity contribution in [3.05, 3.63) is 113 Å². The molecule has 5 rings (SSSR count). The van der Waals surface area contributed by atoms with Crippen LogP contribution in [0.4, 0.5) is 0 Å². The number of ketones is 1. The maximum absolute atomic E-state index is 13.4. The molecule has 1 unspecified atom stereocenters. The predicted octanol–water partition coefficient (Wildman–Crippen LogP) is 6.88. The molecule has 1 atom stereocenters. The molecule has 38 heavy (non-hydrogen) atoms. The fraction of sp³-hybridized carbons (Fsp3) is 0.219. The molecular weight excluding hydrogens is 480 g/mol. The van der Waals surface area contributed by atoms with Gasteiger partial charge in [-0.1, -0.05) is 60.7 Å². The number of fused-ring (bicyclic) bond motifs is 1. The summed E-state index contributed by atoms with van der Waals surface area (Å²) in [7, 11) is 3.16. The predicted molar refractivity (Wildman–Crippen MR) is 145 cm³/mol. The van der Waals surface area contributed by atoms with Gasteiger partial charge in [0.1, 0.15) is 36.4 Å². The van der Waals surface area contributed by atoms with E-state index in [9.17, 15) is 4.79 Å². The van der Waals surface area contributed by atoms with E-state index >= 15 is 0 Å². The van der Waals surface area contributed by atoms with Crippen LogP contribution in [0, 0.1) is 6.92 Å². The molecular formula is C32H30O6. The monoisotopic (exact) mass is 510 g/mol. The molecule has 0 spiro atoms. The van der Waals surface area contributed by atoms with E-state index < -0.39 is 6.10 Å². The van der Waals surface area contributed by atoms with Crippen molar-refractivity contribution in [2.75, 3.05) is 14.2 Å². The second-order valence-corrected chi connectivity index (χ2v) is 9.17. The molecule has 4 aromatic carbocycles. The topological polar surface area (TPSA) is 63.2 Å². The number of benzene rings is 4. The van der Waals surface area contributed by atoms with Crippen LogP contribution < -0.4 is 23.7 Å². The fourth-order valence-electron chi connectivity index (χ4n) is 4.55. The first kappa shape index (κ1) is 25.2. The van der Waals surface area contributed by atoms with Crippen molar-refractivity contribution in [3.8, 4) is 28.7 Å². The standard InChI is InChI=1S/C32H30O6/c1-21-14-27(36-19-22-10-6-4-7-11-22)31-25(33)18-26(38-28(31)15-21)24-16-29(34-2)32(30(17-24)35-3)37-20-23-12-8-5-9-13-23/h4-17,26H,18-20H2,1-3H3. The molecule has 1 aliphatic rings. The lowest BCUT2D eigenvalue weighted by Crippen LogP contribution is -2.21. The first-order chi connectivity index (χ1) is 18.6. The van der Waals surface area contributed by atoms with Crippen LogP contribution in [-0.4, -0.2) is 20.0 Å². The Morgan fingerprint density at radius 2 is 1.34 bits per heavy atom. The molecule has 1 heterocycles. The highest BCUT2D eigenvalue weighted by Gasteiger charge is 2.32. The van der Waals surface area contributed by atoms with Crippen molar-refractivity contribution in [2.24, 2.45) is 0 Å². The number of carbonyl (C=O) groups excluding carboxylic acids is 1. The summed E-state index contributed by atoms with van der Waals surface area (Å²) in [5.41, 5.74) is 4.24. The minimum atomic E-state index is -0.509. The zero-order valence-electron chi connectivity index (χ0n) is 21.7. The molecule has 0 aliphatic carbocycles. The Morgan fingerprint density at radius 1 is 0.763 bits per heavy atom. The molecule has 0 fully saturated rings. The van der Waals surface area contributed by atoms with Gasteiger partial charge in [-0.15, -0.1) is 0 Å². The minimum Gasteiger partial charge on any atom is -0.493 e. The van der Waals surface area contributed by atoms with E-state index in [1.165, 1.54) is 0 Å². The Bertz CT molecular complexity index is 1390. The summed E-state index contributed by atoms with van der Waals surface area (Å²) in [5.74, 6) is 2.52. The van der Waals surface area contributed by atoms with Gasteiger partial charge in [-0.05, 0) is 47.9 Å². The van der Waals surface area contributed by atoms with Crippen molar-refractivity contribution >= 4 is 5.78 Å². The van der Waals surface area contributed by atoms with Gasteiger partial charge in [0, 0.05) is 5.56 Å². The number of ether oxygens (including phenoxy) is 5. The summed E-state index contributed by atoms with van der Waals surface area (Å²) in [6, 6.07) is 27.2. The second kappa shape index (κ2) is 11.3. The molecule has 194 valence electrons. The van der Waals surface area contributed by atoms with Crippen molar-refractivity contribution in [1.82, 2.24) is 0 Å². The maximum atomic E-state index is 13.4. The van der Waals surface area contributed by atoms with Crippen molar-refractivity contribution in [2.45, 2.75) is 32.7 Å². The summed E-state index contributed by atoms with van der Waals surface area (Å²) in [5, 5.41) is 0. The highest BCUT2D eigenvalue weighted by atomic mass is 16.5. The summed E-state index contributed by atoms with van der Waals surface area (Å²) >= 11 is 0. The van der Waals surface area contributed by atoms with E-state index in [4.69, 9.17) is 23.7 Å². The molecule has 0 N–H and O–H groups in total. The van der Waals surface area contributed by atoms with E-state index in [0.717, 1.165) is 22.3 Å². The van der Waals surface area contributed by atoms with Gasteiger partial charge in [-0.2, -0.15) is 0 Å². The number of methoxy groups -OCH3 is 2. The van der Waals surface area contributed by atoms with E-state index in [2.05, 4.69) is 0 Å². The Kier molecular flexibility index (Phi) is 7.50. The van der Waals surface area contributed by atoms with Gasteiger partial charge in [0.25, 0.3) is 0 Å². The summed E-state index contributed by atoms with van der Waals surface area (Å²) in [4.78, 5) is 13.4. The minimum absolute atomic E-state index is 0.0401. The SMILES string of the molecule is COc1cc(C2CC(=O)c3c(OCc4ccccc4)cc(C)cc3O2)cc(OC)c1OCc1ccccc1. The Hall–Kier alpha value is -4.45. The van der Waals surface area contributed by atoms with Crippen molar-refractivity contribution in [3.63, 3.8) is 0 Å². The van der Waals surface area contributed by atoms with Gasteiger partial charge < -0.3 is 23.7 Å². The van der Waals surface area contributed by atoms with Gasteiger partial charge >= 0.3 is 0 Å². The average Bonchev–Trinajstić information content (AvgIpc) is 2.95. The van der Waals surface area contributed by atoms with Gasteiger partial charge in [-0.25, -0.2) is 0 Å². The first-order valence-corrected chi connectivity index (χ1v) is 12.5. The molecule has 4 aromatic rings. The Morgan fingerprint density at radius 3 is 1.92 bits per heavy atom. The summed E-state index contributed by atoms with van der Waals surface area (Å²) in [6.07, 6.45) is -0.348. The zero-order valence-corrected chi connectivity index (χ0v) is 21.7. The summed E-state index contributed by atoms with van der Waals surface area (Å²) < 4.78 is 29.8. The number of carbonyl (C=O) groups is 1. The van der Waals surface area contributed by atoms with Crippen LogP contribution in [-0.2, 0) is 13.2 Å². The Labute approximate surface area is 222 Å². The lowest BCUT2D eigenvalue weighted by atomic mass is 9.94. The smallest absolute Gasteiger partial charge is 0.203 e. The third kappa shape index (κ3) is 5.44. The van der Waals surface area contributed by atoms with E-state index in [-0.39, 0.29) is 12.2 Å². The highest BCUT2D eigenvalue weighted by Crippen LogP contribution is 2.45. The molecule has 0 saturated heterocycles. The number of hydrogen-bond donors (Lipinski definition) is 0. The molecule has 0 aromatic heterocycles. The van der Waals surface area contributed by atoms with Crippen LogP contribution in [0.2, 0.25) is 0 Å². The van der Waals surface area contributed by atoms with E-state index in [0.29, 0.717) is 47.5 Å². The molecule has 1 aliphatic heterocycles. The van der Waals surface area contributed by atoms with E-state index in [1.807, 2.05) is 91.9 Å². The lowest BCUT2D eigenvalue weighted by molar-refractivity contribution is 0.0841. The van der Waals surface area contributed by atoms with Crippen LogP contribution in [0.3, 0.4) is 0 Å². The largest absolute Gasteiger partial charge is 0.493 e. The van der Waals surface area contributed by atoms with Gasteiger partial charge in [0.15, 0.2) is 17.3 Å². The fourth-order valence-corrected chi connectivity index (χ4v) is 4.55. The second-order valence-electron chi connectivity index (χ2n) is 9.17. The van der Waals surface area contributed by atoms with Crippen LogP contribution in [0.15, 0.2) is 84.9 Å². The van der Waals surface area contributed by atoms with Crippen LogP contribution in [0.25, 0.3) is 0 Å². The third-order valence-corrected chi connectivity index (χ3v) is 6.45. The number of hydrogen-bond acceptors (Lipinski definition) is 6. The molecule has 0 radical (unpaired) electrons. The number of Topliss-reactive ketones (excluding diaryl/α,β-unsaturated/α-hetero) is 1. The number of aryl methyl sites for hydroxylation is 1. The average molecular weight is 511 g/mol. The van der Waals surface area contributed by atoms with Crippen molar-refractivity contribution < 1.29 is 28.5 Å². The Balaban J connectivity index is 1.41. The van der Waals surface area contributed by atoms with Crippen LogP contribution in [0.5, 0.6) is 28.7 Å². The quantitative estimate of drug-likeness (QED) is 0.245. The van der Waals surface area contributed by atoms with Gasteiger partial charge in [-0.3, -0.25) is 4.79 Å². The van der Waals surface area contributed by atoms with Crippen LogP contribution in [0.1, 0.15) is 45.1 Å². The summed E-state index contributed by atoms with van der Waals surface area (Å²) in [6.45, 7) is 2.69. The van der Waals surface area contributed by atoms with Crippen LogP contribution >= 0.6 is 0 Å². The third-order valence-electron chi connectivity index (χ3n) is 6.45. The molecule has 0 saturated carbocycles. The van der Waals surface area contributed by atoms with E-state index in [1.54, 1.807) is 14.2 Å². The van der Waals surface area contributed by atoms with Gasteiger partial charge in [0.2, 0.25) is 5.75 Å².